The molecule has 3 rings (SSSR count). The van der Waals surface area contributed by atoms with Gasteiger partial charge in [-0.2, -0.15) is 0 Å². The molecule has 0 aliphatic heterocycles. The Morgan fingerprint density at radius 1 is 0.947 bits per heavy atom. The molecular weight excluding hydrogens is 252 g/mol. The lowest BCUT2D eigenvalue weighted by Gasteiger charge is -2.10. The summed E-state index contributed by atoms with van der Waals surface area (Å²) in [4.78, 5) is 0. The molecule has 0 radical (unpaired) electrons. The lowest BCUT2D eigenvalue weighted by molar-refractivity contribution is 0.877. The summed E-state index contributed by atoms with van der Waals surface area (Å²) in [5.41, 5.74) is 2.42. The molecule has 0 aromatic heterocycles. The third-order valence-corrected chi connectivity index (χ3v) is 3.59. The zero-order chi connectivity index (χ0) is 13.1. The normalized spacial score (nSPS) is 20.6. The van der Waals surface area contributed by atoms with Gasteiger partial charge in [0.15, 0.2) is 5.11 Å². The van der Waals surface area contributed by atoms with Crippen molar-refractivity contribution >= 4 is 23.0 Å². The van der Waals surface area contributed by atoms with Gasteiger partial charge in [0.1, 0.15) is 0 Å². The van der Waals surface area contributed by atoms with Crippen LogP contribution >= 0.6 is 12.2 Å². The fourth-order valence-corrected chi connectivity index (χ4v) is 2.55. The smallest absolute Gasteiger partial charge is 0.171 e. The first-order valence-corrected chi connectivity index (χ1v) is 6.91. The summed E-state index contributed by atoms with van der Waals surface area (Å²) in [5.74, 6) is 0.594. The summed E-state index contributed by atoms with van der Waals surface area (Å²) >= 11 is 5.33. The molecule has 1 saturated carbocycles. The molecule has 0 saturated heterocycles. The van der Waals surface area contributed by atoms with Gasteiger partial charge < -0.3 is 10.6 Å². The summed E-state index contributed by atoms with van der Waals surface area (Å²) in [6, 6.07) is 21.1. The zero-order valence-electron chi connectivity index (χ0n) is 10.5. The molecule has 0 bridgehead atoms. The summed E-state index contributed by atoms with van der Waals surface area (Å²) in [6.07, 6.45) is 1.15. The standard InChI is InChI=1S/C16H16N2S/c19-16(17-13-9-5-2-6-10-13)18-15-11-14(15)12-7-3-1-4-8-12/h1-10,14-15H,11H2,(H2,17,18,19). The Labute approximate surface area is 118 Å². The van der Waals surface area contributed by atoms with Gasteiger partial charge in [-0.1, -0.05) is 48.5 Å². The van der Waals surface area contributed by atoms with E-state index in [9.17, 15) is 0 Å². The quantitative estimate of drug-likeness (QED) is 0.833. The predicted molar refractivity (Wildman–Crippen MR) is 83.4 cm³/mol. The van der Waals surface area contributed by atoms with Crippen molar-refractivity contribution in [3.05, 3.63) is 66.2 Å². The van der Waals surface area contributed by atoms with E-state index < -0.39 is 0 Å². The molecule has 2 aromatic rings. The molecule has 19 heavy (non-hydrogen) atoms. The van der Waals surface area contributed by atoms with Crippen molar-refractivity contribution in [2.75, 3.05) is 5.32 Å². The van der Waals surface area contributed by atoms with Gasteiger partial charge in [0.05, 0.1) is 0 Å². The number of thiocarbonyl (C=S) groups is 1. The van der Waals surface area contributed by atoms with Crippen LogP contribution in [0.5, 0.6) is 0 Å². The maximum atomic E-state index is 5.33. The Bertz CT molecular complexity index is 553. The van der Waals surface area contributed by atoms with Gasteiger partial charge in [-0.15, -0.1) is 0 Å². The molecule has 0 heterocycles. The topological polar surface area (TPSA) is 24.1 Å². The highest BCUT2D eigenvalue weighted by molar-refractivity contribution is 7.80. The van der Waals surface area contributed by atoms with E-state index in [2.05, 4.69) is 41.0 Å². The van der Waals surface area contributed by atoms with Crippen molar-refractivity contribution in [1.29, 1.82) is 0 Å². The second-order valence-electron chi connectivity index (χ2n) is 4.82. The molecular formula is C16H16N2S. The van der Waals surface area contributed by atoms with Gasteiger partial charge in [0, 0.05) is 17.6 Å². The van der Waals surface area contributed by atoms with Crippen LogP contribution in [-0.2, 0) is 0 Å². The highest BCUT2D eigenvalue weighted by atomic mass is 32.1. The maximum absolute atomic E-state index is 5.33. The monoisotopic (exact) mass is 268 g/mol. The third kappa shape index (κ3) is 3.12. The molecule has 3 heteroatoms. The molecule has 2 nitrogen and oxygen atoms in total. The maximum Gasteiger partial charge on any atom is 0.171 e. The first-order chi connectivity index (χ1) is 9.33. The number of benzene rings is 2. The van der Waals surface area contributed by atoms with E-state index in [-0.39, 0.29) is 0 Å². The Kier molecular flexibility index (Phi) is 3.47. The Morgan fingerprint density at radius 3 is 2.26 bits per heavy atom. The van der Waals surface area contributed by atoms with Crippen molar-refractivity contribution in [2.45, 2.75) is 18.4 Å². The van der Waals surface area contributed by atoms with Crippen LogP contribution in [-0.4, -0.2) is 11.2 Å². The minimum absolute atomic E-state index is 0.464. The molecule has 1 aliphatic carbocycles. The summed E-state index contributed by atoms with van der Waals surface area (Å²) < 4.78 is 0. The predicted octanol–water partition coefficient (Wildman–Crippen LogP) is 3.53. The lowest BCUT2D eigenvalue weighted by atomic mass is 10.1. The number of nitrogens with one attached hydrogen (secondary N) is 2. The number of rotatable bonds is 3. The van der Waals surface area contributed by atoms with Gasteiger partial charge in [-0.25, -0.2) is 0 Å². The van der Waals surface area contributed by atoms with E-state index in [0.717, 1.165) is 12.1 Å². The van der Waals surface area contributed by atoms with Crippen molar-refractivity contribution in [3.63, 3.8) is 0 Å². The minimum Gasteiger partial charge on any atom is -0.359 e. The van der Waals surface area contributed by atoms with E-state index >= 15 is 0 Å². The number of hydrogen-bond acceptors (Lipinski definition) is 1. The summed E-state index contributed by atoms with van der Waals surface area (Å²) in [6.45, 7) is 0. The molecule has 96 valence electrons. The molecule has 0 spiro atoms. The van der Waals surface area contributed by atoms with Gasteiger partial charge in [0.2, 0.25) is 0 Å². The molecule has 0 amide bonds. The van der Waals surface area contributed by atoms with Crippen molar-refractivity contribution in [2.24, 2.45) is 0 Å². The van der Waals surface area contributed by atoms with Crippen LogP contribution in [0, 0.1) is 0 Å². The number of hydrogen-bond donors (Lipinski definition) is 2. The Balaban J connectivity index is 1.52. The van der Waals surface area contributed by atoms with Crippen LogP contribution < -0.4 is 10.6 Å². The van der Waals surface area contributed by atoms with Crippen LogP contribution in [0.3, 0.4) is 0 Å². The van der Waals surface area contributed by atoms with Crippen molar-refractivity contribution < 1.29 is 0 Å². The van der Waals surface area contributed by atoms with Crippen LogP contribution in [0.4, 0.5) is 5.69 Å². The molecule has 2 N–H and O–H groups in total. The van der Waals surface area contributed by atoms with Crippen molar-refractivity contribution in [1.82, 2.24) is 5.32 Å². The first kappa shape index (κ1) is 12.2. The highest BCUT2D eigenvalue weighted by Crippen LogP contribution is 2.40. The Hall–Kier alpha value is -1.87. The Morgan fingerprint density at radius 2 is 1.58 bits per heavy atom. The number of para-hydroxylation sites is 1. The van der Waals surface area contributed by atoms with Gasteiger partial charge >= 0.3 is 0 Å². The largest absolute Gasteiger partial charge is 0.359 e. The fourth-order valence-electron chi connectivity index (χ4n) is 2.28. The van der Waals surface area contributed by atoms with E-state index in [1.54, 1.807) is 0 Å². The average molecular weight is 268 g/mol. The molecule has 2 unspecified atom stereocenters. The molecule has 1 aliphatic rings. The summed E-state index contributed by atoms with van der Waals surface area (Å²) in [7, 11) is 0. The van der Waals surface area contributed by atoms with Gasteiger partial charge in [-0.3, -0.25) is 0 Å². The van der Waals surface area contributed by atoms with Gasteiger partial charge in [0.25, 0.3) is 0 Å². The van der Waals surface area contributed by atoms with E-state index in [1.165, 1.54) is 5.56 Å². The number of anilines is 1. The van der Waals surface area contributed by atoms with E-state index in [0.29, 0.717) is 17.1 Å². The fraction of sp³-hybridized carbons (Fsp3) is 0.188. The van der Waals surface area contributed by atoms with Crippen LogP contribution in [0.25, 0.3) is 0 Å². The van der Waals surface area contributed by atoms with E-state index in [1.807, 2.05) is 30.3 Å². The van der Waals surface area contributed by atoms with Gasteiger partial charge in [-0.05, 0) is 36.3 Å². The van der Waals surface area contributed by atoms with E-state index in [4.69, 9.17) is 12.2 Å². The van der Waals surface area contributed by atoms with Crippen LogP contribution in [0.2, 0.25) is 0 Å². The van der Waals surface area contributed by atoms with Crippen LogP contribution in [0.1, 0.15) is 17.9 Å². The SMILES string of the molecule is S=C(Nc1ccccc1)NC1CC1c1ccccc1. The minimum atomic E-state index is 0.464. The molecule has 1 fully saturated rings. The molecule has 2 aromatic carbocycles. The molecule has 2 atom stereocenters. The zero-order valence-corrected chi connectivity index (χ0v) is 11.4. The first-order valence-electron chi connectivity index (χ1n) is 6.50. The van der Waals surface area contributed by atoms with Crippen molar-refractivity contribution in [3.8, 4) is 0 Å². The average Bonchev–Trinajstić information content (AvgIpc) is 3.20. The van der Waals surface area contributed by atoms with Crippen LogP contribution in [0.15, 0.2) is 60.7 Å². The lowest BCUT2D eigenvalue weighted by Crippen LogP contribution is -2.30. The highest BCUT2D eigenvalue weighted by Gasteiger charge is 2.38. The summed E-state index contributed by atoms with van der Waals surface area (Å²) in [5, 5.41) is 7.28. The second-order valence-corrected chi connectivity index (χ2v) is 5.23. The second kappa shape index (κ2) is 5.41. The third-order valence-electron chi connectivity index (χ3n) is 3.37.